The second kappa shape index (κ2) is 11.3. The van der Waals surface area contributed by atoms with E-state index >= 15 is 0 Å². The number of ether oxygens (including phenoxy) is 1. The van der Waals surface area contributed by atoms with E-state index < -0.39 is 18.0 Å². The van der Waals surface area contributed by atoms with Crippen LogP contribution in [0.15, 0.2) is 25.8 Å². The summed E-state index contributed by atoms with van der Waals surface area (Å²) in [7, 11) is 0. The molecule has 0 rings (SSSR count). The van der Waals surface area contributed by atoms with Gasteiger partial charge >= 0.3 is 6.03 Å². The summed E-state index contributed by atoms with van der Waals surface area (Å²) in [5.74, 6) is -0.437. The molecule has 0 fully saturated rings. The molecule has 0 spiro atoms. The Hall–Kier alpha value is -1.82. The van der Waals surface area contributed by atoms with E-state index in [9.17, 15) is 9.59 Å². The molecule has 92 valence electrons. The molecule has 0 heterocycles. The van der Waals surface area contributed by atoms with Crippen molar-refractivity contribution in [3.63, 3.8) is 0 Å². The van der Waals surface area contributed by atoms with Crippen LogP contribution in [0.2, 0.25) is 0 Å². The van der Waals surface area contributed by atoms with Crippen LogP contribution in [0.5, 0.6) is 0 Å². The zero-order valence-electron chi connectivity index (χ0n) is 9.49. The molecule has 0 aromatic carbocycles. The number of hydrogen-bond acceptors (Lipinski definition) is 3. The number of rotatable bonds is 5. The fraction of sp³-hybridized carbons (Fsp3) is 0.400. The van der Waals surface area contributed by atoms with E-state index in [-0.39, 0.29) is 6.61 Å². The largest absolute Gasteiger partial charge is 0.364 e. The molecule has 0 aromatic heterocycles. The molecule has 6 heteroatoms. The molecule has 0 aliphatic carbocycles. The monoisotopic (exact) mass is 229 g/mol. The minimum Gasteiger partial charge on any atom is -0.364 e. The summed E-state index contributed by atoms with van der Waals surface area (Å²) >= 11 is 0. The highest BCUT2D eigenvalue weighted by Crippen LogP contribution is 1.97. The number of hydrazine groups is 1. The molecule has 6 nitrogen and oxygen atoms in total. The topological polar surface area (TPSA) is 93.4 Å². The molecule has 4 N–H and O–H groups in total. The second-order valence-electron chi connectivity index (χ2n) is 2.50. The predicted octanol–water partition coefficient (Wildman–Crippen LogP) is 0.469. The van der Waals surface area contributed by atoms with Gasteiger partial charge in [-0.2, -0.15) is 0 Å². The lowest BCUT2D eigenvalue weighted by atomic mass is 10.2. The Balaban J connectivity index is 0. The summed E-state index contributed by atoms with van der Waals surface area (Å²) in [5.41, 5.74) is 8.85. The van der Waals surface area contributed by atoms with Gasteiger partial charge in [0, 0.05) is 0 Å². The van der Waals surface area contributed by atoms with Gasteiger partial charge in [0.1, 0.15) is 6.10 Å². The standard InChI is InChI=1S/C8H15N3O3.C2H4/c1-3-5-14-6(4-2)7(12)10-11-8(9)13;1-2/h3,6H,1,4-5H2,2H3,(H,10,12)(H3,9,11,13);1-2H2. The van der Waals surface area contributed by atoms with E-state index in [0.717, 1.165) is 0 Å². The van der Waals surface area contributed by atoms with E-state index in [1.807, 2.05) is 5.43 Å². The quantitative estimate of drug-likeness (QED) is 0.472. The van der Waals surface area contributed by atoms with Crippen molar-refractivity contribution < 1.29 is 14.3 Å². The van der Waals surface area contributed by atoms with E-state index in [0.29, 0.717) is 6.42 Å². The maximum Gasteiger partial charge on any atom is 0.330 e. The summed E-state index contributed by atoms with van der Waals surface area (Å²) in [4.78, 5) is 21.5. The average Bonchev–Trinajstić information content (AvgIpc) is 2.30. The fourth-order valence-electron chi connectivity index (χ4n) is 0.767. The van der Waals surface area contributed by atoms with Crippen LogP contribution in [0.4, 0.5) is 4.79 Å². The molecule has 0 saturated carbocycles. The van der Waals surface area contributed by atoms with Crippen LogP contribution in [0.3, 0.4) is 0 Å². The molecule has 0 saturated heterocycles. The average molecular weight is 229 g/mol. The van der Waals surface area contributed by atoms with Crippen molar-refractivity contribution in [1.29, 1.82) is 0 Å². The van der Waals surface area contributed by atoms with Crippen LogP contribution in [0.25, 0.3) is 0 Å². The number of carbonyl (C=O) groups is 2. The third-order valence-electron chi connectivity index (χ3n) is 1.39. The Morgan fingerprint density at radius 3 is 2.38 bits per heavy atom. The van der Waals surface area contributed by atoms with Gasteiger partial charge in [0.15, 0.2) is 0 Å². The summed E-state index contributed by atoms with van der Waals surface area (Å²) in [6.45, 7) is 11.5. The smallest absolute Gasteiger partial charge is 0.330 e. The van der Waals surface area contributed by atoms with Gasteiger partial charge < -0.3 is 10.5 Å². The van der Waals surface area contributed by atoms with Gasteiger partial charge in [-0.1, -0.05) is 13.0 Å². The molecule has 0 bridgehead atoms. The number of nitrogens with two attached hydrogens (primary N) is 1. The van der Waals surface area contributed by atoms with Gasteiger partial charge in [-0.25, -0.2) is 10.2 Å². The Morgan fingerprint density at radius 2 is 2.00 bits per heavy atom. The van der Waals surface area contributed by atoms with Crippen molar-refractivity contribution in [2.45, 2.75) is 19.4 Å². The highest BCUT2D eigenvalue weighted by molar-refractivity contribution is 5.83. The van der Waals surface area contributed by atoms with Gasteiger partial charge in [0.05, 0.1) is 6.61 Å². The van der Waals surface area contributed by atoms with E-state index in [1.165, 1.54) is 6.08 Å². The highest BCUT2D eigenvalue weighted by Gasteiger charge is 2.16. The second-order valence-corrected chi connectivity index (χ2v) is 2.50. The Bertz CT molecular complexity index is 231. The van der Waals surface area contributed by atoms with Crippen molar-refractivity contribution in [2.24, 2.45) is 5.73 Å². The SMILES string of the molecule is C=C.C=CCOC(CC)C(=O)NNC(N)=O. The molecule has 0 aliphatic rings. The van der Waals surface area contributed by atoms with Crippen molar-refractivity contribution in [3.8, 4) is 0 Å². The van der Waals surface area contributed by atoms with Crippen molar-refractivity contribution in [2.75, 3.05) is 6.61 Å². The first kappa shape index (κ1) is 16.6. The maximum absolute atomic E-state index is 11.2. The first-order valence-electron chi connectivity index (χ1n) is 4.69. The number of nitrogens with one attached hydrogen (secondary N) is 2. The number of carbonyl (C=O) groups excluding carboxylic acids is 2. The molecule has 0 radical (unpaired) electrons. The molecule has 0 aliphatic heterocycles. The fourth-order valence-corrected chi connectivity index (χ4v) is 0.767. The van der Waals surface area contributed by atoms with E-state index in [1.54, 1.807) is 6.92 Å². The summed E-state index contributed by atoms with van der Waals surface area (Å²) < 4.78 is 5.11. The van der Waals surface area contributed by atoms with Gasteiger partial charge in [-0.05, 0) is 6.42 Å². The molecule has 0 aromatic rings. The predicted molar refractivity (Wildman–Crippen MR) is 62.3 cm³/mol. The lowest BCUT2D eigenvalue weighted by molar-refractivity contribution is -0.132. The molecule has 1 atom stereocenters. The van der Waals surface area contributed by atoms with Crippen molar-refractivity contribution in [3.05, 3.63) is 25.8 Å². The first-order valence-corrected chi connectivity index (χ1v) is 4.69. The van der Waals surface area contributed by atoms with Crippen LogP contribution >= 0.6 is 0 Å². The Morgan fingerprint density at radius 1 is 1.44 bits per heavy atom. The van der Waals surface area contributed by atoms with Crippen LogP contribution in [0, 0.1) is 0 Å². The highest BCUT2D eigenvalue weighted by atomic mass is 16.5. The molecule has 3 amide bonds. The lowest BCUT2D eigenvalue weighted by Crippen LogP contribution is -2.48. The van der Waals surface area contributed by atoms with Gasteiger partial charge in [-0.3, -0.25) is 10.2 Å². The van der Waals surface area contributed by atoms with Gasteiger partial charge in [0.2, 0.25) is 0 Å². The third kappa shape index (κ3) is 8.76. The normalized spacial score (nSPS) is 10.3. The minimum absolute atomic E-state index is 0.280. The van der Waals surface area contributed by atoms with E-state index in [4.69, 9.17) is 10.5 Å². The molecule has 16 heavy (non-hydrogen) atoms. The Kier molecular flexibility index (Phi) is 11.7. The van der Waals surface area contributed by atoms with Crippen LogP contribution in [-0.2, 0) is 9.53 Å². The summed E-state index contributed by atoms with van der Waals surface area (Å²) in [6, 6.07) is -0.822. The zero-order valence-corrected chi connectivity index (χ0v) is 9.49. The molecular formula is C10H19N3O3. The third-order valence-corrected chi connectivity index (χ3v) is 1.39. The van der Waals surface area contributed by atoms with Gasteiger partial charge in [-0.15, -0.1) is 19.7 Å². The number of amides is 3. The lowest BCUT2D eigenvalue weighted by Gasteiger charge is -2.14. The van der Waals surface area contributed by atoms with Crippen molar-refractivity contribution in [1.82, 2.24) is 10.9 Å². The zero-order chi connectivity index (χ0) is 13.0. The van der Waals surface area contributed by atoms with Crippen LogP contribution in [0.1, 0.15) is 13.3 Å². The minimum atomic E-state index is -0.822. The number of primary amides is 1. The van der Waals surface area contributed by atoms with Gasteiger partial charge in [0.25, 0.3) is 5.91 Å². The van der Waals surface area contributed by atoms with E-state index in [2.05, 4.69) is 25.2 Å². The maximum atomic E-state index is 11.2. The van der Waals surface area contributed by atoms with Crippen LogP contribution < -0.4 is 16.6 Å². The number of urea groups is 1. The molecule has 1 unspecified atom stereocenters. The number of hydrogen-bond donors (Lipinski definition) is 3. The van der Waals surface area contributed by atoms with Crippen LogP contribution in [-0.4, -0.2) is 24.6 Å². The summed E-state index contributed by atoms with van der Waals surface area (Å²) in [5, 5.41) is 0. The Labute approximate surface area is 95.5 Å². The molecular weight excluding hydrogens is 210 g/mol. The summed E-state index contributed by atoms with van der Waals surface area (Å²) in [6.07, 6.45) is 1.43. The van der Waals surface area contributed by atoms with Crippen molar-refractivity contribution >= 4 is 11.9 Å². The first-order chi connectivity index (χ1) is 7.61.